The lowest BCUT2D eigenvalue weighted by atomic mass is 9.91. The monoisotopic (exact) mass is 379 g/mol. The molecule has 1 fully saturated rings. The number of carbonyl (C=O) groups excluding carboxylic acids is 1. The molecule has 0 aliphatic carbocycles. The zero-order chi connectivity index (χ0) is 18.1. The summed E-state index contributed by atoms with van der Waals surface area (Å²) in [5.41, 5.74) is 2.09. The molecule has 0 spiro atoms. The normalized spacial score (nSPS) is 20.8. The third-order valence-corrected chi connectivity index (χ3v) is 5.47. The Hall–Kier alpha value is -1.52. The standard InChI is InChI=1S/C19H23Cl2N3O/c1-12-8-13(2)10-23(9-12)19(25)17-14(3)22-24(18(17)21)11-15-6-4-5-7-16(15)20/h4-7,12-13H,8-11H2,1-3H3. The van der Waals surface area contributed by atoms with E-state index in [2.05, 4.69) is 18.9 Å². The number of piperidine rings is 1. The van der Waals surface area contributed by atoms with E-state index in [1.807, 2.05) is 36.1 Å². The van der Waals surface area contributed by atoms with Gasteiger partial charge in [0.25, 0.3) is 5.91 Å². The smallest absolute Gasteiger partial charge is 0.258 e. The number of aryl methyl sites for hydroxylation is 1. The minimum absolute atomic E-state index is 0.0219. The van der Waals surface area contributed by atoms with Crippen LogP contribution in [0.4, 0.5) is 0 Å². The molecule has 25 heavy (non-hydrogen) atoms. The maximum Gasteiger partial charge on any atom is 0.258 e. The van der Waals surface area contributed by atoms with Crippen molar-refractivity contribution < 1.29 is 4.79 Å². The molecule has 1 aromatic carbocycles. The number of halogens is 2. The van der Waals surface area contributed by atoms with Crippen molar-refractivity contribution in [3.8, 4) is 0 Å². The molecule has 1 aliphatic rings. The molecule has 0 saturated carbocycles. The summed E-state index contributed by atoms with van der Waals surface area (Å²) < 4.78 is 1.65. The molecule has 1 aliphatic heterocycles. The van der Waals surface area contributed by atoms with E-state index in [0.29, 0.717) is 39.8 Å². The Labute approximate surface area is 158 Å². The van der Waals surface area contributed by atoms with Crippen molar-refractivity contribution in [3.63, 3.8) is 0 Å². The molecule has 2 heterocycles. The van der Waals surface area contributed by atoms with Crippen molar-refractivity contribution in [2.45, 2.75) is 33.7 Å². The lowest BCUT2D eigenvalue weighted by Gasteiger charge is -2.35. The van der Waals surface area contributed by atoms with Crippen LogP contribution >= 0.6 is 23.2 Å². The van der Waals surface area contributed by atoms with Crippen molar-refractivity contribution in [1.82, 2.24) is 14.7 Å². The van der Waals surface area contributed by atoms with Crippen LogP contribution in [-0.4, -0.2) is 33.7 Å². The molecule has 2 unspecified atom stereocenters. The highest BCUT2D eigenvalue weighted by Gasteiger charge is 2.30. The first kappa shape index (κ1) is 18.3. The van der Waals surface area contributed by atoms with E-state index >= 15 is 0 Å². The molecular weight excluding hydrogens is 357 g/mol. The topological polar surface area (TPSA) is 38.1 Å². The summed E-state index contributed by atoms with van der Waals surface area (Å²) in [6.07, 6.45) is 1.16. The van der Waals surface area contributed by atoms with Crippen LogP contribution in [0, 0.1) is 18.8 Å². The zero-order valence-electron chi connectivity index (χ0n) is 14.8. The van der Waals surface area contributed by atoms with Crippen molar-refractivity contribution >= 4 is 29.1 Å². The number of likely N-dealkylation sites (tertiary alicyclic amines) is 1. The predicted octanol–water partition coefficient (Wildman–Crippen LogP) is 4.66. The Morgan fingerprint density at radius 3 is 2.48 bits per heavy atom. The lowest BCUT2D eigenvalue weighted by molar-refractivity contribution is 0.0622. The average Bonchev–Trinajstić information content (AvgIpc) is 2.82. The van der Waals surface area contributed by atoms with E-state index in [1.54, 1.807) is 4.68 Å². The number of nitrogens with zero attached hydrogens (tertiary/aromatic N) is 3. The van der Waals surface area contributed by atoms with Gasteiger partial charge in [0.05, 0.1) is 17.8 Å². The fraction of sp³-hybridized carbons (Fsp3) is 0.474. The molecule has 0 bridgehead atoms. The molecule has 6 heteroatoms. The van der Waals surface area contributed by atoms with Gasteiger partial charge in [-0.25, -0.2) is 4.68 Å². The molecule has 2 atom stereocenters. The molecule has 2 aromatic rings. The van der Waals surface area contributed by atoms with E-state index in [4.69, 9.17) is 23.2 Å². The quantitative estimate of drug-likeness (QED) is 0.777. The predicted molar refractivity (Wildman–Crippen MR) is 101 cm³/mol. The molecule has 0 N–H and O–H groups in total. The van der Waals surface area contributed by atoms with Gasteiger partial charge in [-0.3, -0.25) is 4.79 Å². The molecular formula is C19H23Cl2N3O. The molecule has 4 nitrogen and oxygen atoms in total. The number of amides is 1. The maximum absolute atomic E-state index is 13.0. The van der Waals surface area contributed by atoms with Crippen LogP contribution in [0.5, 0.6) is 0 Å². The summed E-state index contributed by atoms with van der Waals surface area (Å²) in [4.78, 5) is 14.9. The number of benzene rings is 1. The highest BCUT2D eigenvalue weighted by molar-refractivity contribution is 6.33. The summed E-state index contributed by atoms with van der Waals surface area (Å²) in [5.74, 6) is 0.987. The van der Waals surface area contributed by atoms with Gasteiger partial charge >= 0.3 is 0 Å². The van der Waals surface area contributed by atoms with E-state index in [0.717, 1.165) is 25.1 Å². The fourth-order valence-electron chi connectivity index (χ4n) is 3.68. The number of rotatable bonds is 3. The van der Waals surface area contributed by atoms with Gasteiger partial charge in [0.15, 0.2) is 0 Å². The van der Waals surface area contributed by atoms with Crippen molar-refractivity contribution in [2.75, 3.05) is 13.1 Å². The van der Waals surface area contributed by atoms with Gasteiger partial charge in [0.1, 0.15) is 5.15 Å². The highest BCUT2D eigenvalue weighted by atomic mass is 35.5. The second-order valence-electron chi connectivity index (χ2n) is 7.16. The molecule has 134 valence electrons. The van der Waals surface area contributed by atoms with Gasteiger partial charge in [-0.2, -0.15) is 5.10 Å². The van der Waals surface area contributed by atoms with Crippen LogP contribution < -0.4 is 0 Å². The van der Waals surface area contributed by atoms with Crippen LogP contribution in [0.3, 0.4) is 0 Å². The highest BCUT2D eigenvalue weighted by Crippen LogP contribution is 2.27. The van der Waals surface area contributed by atoms with Crippen molar-refractivity contribution in [3.05, 3.63) is 51.3 Å². The molecule has 3 rings (SSSR count). The summed E-state index contributed by atoms with van der Waals surface area (Å²) in [6, 6.07) is 7.58. The van der Waals surface area contributed by atoms with Gasteiger partial charge < -0.3 is 4.90 Å². The Morgan fingerprint density at radius 2 is 1.84 bits per heavy atom. The molecule has 1 amide bonds. The summed E-state index contributed by atoms with van der Waals surface area (Å²) in [7, 11) is 0. The summed E-state index contributed by atoms with van der Waals surface area (Å²) in [6.45, 7) is 8.19. The SMILES string of the molecule is Cc1nn(Cc2ccccc2Cl)c(Cl)c1C(=O)N1CC(C)CC(C)C1. The lowest BCUT2D eigenvalue weighted by Crippen LogP contribution is -2.42. The number of hydrogen-bond donors (Lipinski definition) is 0. The minimum atomic E-state index is -0.0219. The largest absolute Gasteiger partial charge is 0.338 e. The van der Waals surface area contributed by atoms with E-state index in [1.165, 1.54) is 0 Å². The second-order valence-corrected chi connectivity index (χ2v) is 7.92. The van der Waals surface area contributed by atoms with E-state index in [9.17, 15) is 4.79 Å². The number of carbonyl (C=O) groups is 1. The zero-order valence-corrected chi connectivity index (χ0v) is 16.3. The first-order chi connectivity index (χ1) is 11.9. The first-order valence-electron chi connectivity index (χ1n) is 8.62. The first-order valence-corrected chi connectivity index (χ1v) is 9.38. The van der Waals surface area contributed by atoms with Crippen LogP contribution in [0.1, 0.15) is 41.9 Å². The summed E-state index contributed by atoms with van der Waals surface area (Å²) in [5, 5.41) is 5.53. The second kappa shape index (κ2) is 7.38. The van der Waals surface area contributed by atoms with Crippen molar-refractivity contribution in [2.24, 2.45) is 11.8 Å². The van der Waals surface area contributed by atoms with Gasteiger partial charge in [-0.1, -0.05) is 55.2 Å². The fourth-order valence-corrected chi connectivity index (χ4v) is 4.19. The van der Waals surface area contributed by atoms with Gasteiger partial charge in [-0.05, 0) is 36.8 Å². The molecule has 0 radical (unpaired) electrons. The maximum atomic E-state index is 13.0. The number of hydrogen-bond acceptors (Lipinski definition) is 2. The van der Waals surface area contributed by atoms with Crippen LogP contribution in [0.15, 0.2) is 24.3 Å². The van der Waals surface area contributed by atoms with Gasteiger partial charge in [0, 0.05) is 18.1 Å². The Balaban J connectivity index is 1.87. The minimum Gasteiger partial charge on any atom is -0.338 e. The van der Waals surface area contributed by atoms with Crippen molar-refractivity contribution in [1.29, 1.82) is 0 Å². The Bertz CT molecular complexity index is 777. The molecule has 1 aromatic heterocycles. The third kappa shape index (κ3) is 3.85. The number of aromatic nitrogens is 2. The van der Waals surface area contributed by atoms with Gasteiger partial charge in [0.2, 0.25) is 0 Å². The van der Waals surface area contributed by atoms with E-state index < -0.39 is 0 Å². The molecule has 1 saturated heterocycles. The Morgan fingerprint density at radius 1 is 1.20 bits per heavy atom. The average molecular weight is 380 g/mol. The summed E-state index contributed by atoms with van der Waals surface area (Å²) >= 11 is 12.8. The van der Waals surface area contributed by atoms with Gasteiger partial charge in [-0.15, -0.1) is 0 Å². The third-order valence-electron chi connectivity index (χ3n) is 4.71. The van der Waals surface area contributed by atoms with Crippen LogP contribution in [-0.2, 0) is 6.54 Å². The van der Waals surface area contributed by atoms with Crippen LogP contribution in [0.25, 0.3) is 0 Å². The Kier molecular flexibility index (Phi) is 5.40. The van der Waals surface area contributed by atoms with Crippen LogP contribution in [0.2, 0.25) is 10.2 Å². The van der Waals surface area contributed by atoms with E-state index in [-0.39, 0.29) is 5.91 Å².